The molecular weight excluding hydrogens is 292 g/mol. The van der Waals surface area contributed by atoms with Gasteiger partial charge in [-0.05, 0) is 29.3 Å². The van der Waals surface area contributed by atoms with Gasteiger partial charge in [0.1, 0.15) is 5.82 Å². The number of carbonyl (C=O) groups excluding carboxylic acids is 1. The maximum absolute atomic E-state index is 11.5. The normalized spacial score (nSPS) is 13.7. The van der Waals surface area contributed by atoms with E-state index in [0.29, 0.717) is 11.5 Å². The first kappa shape index (κ1) is 13.5. The number of hydrogen-bond donors (Lipinski definition) is 3. The number of pyridine rings is 1. The summed E-state index contributed by atoms with van der Waals surface area (Å²) in [6, 6.07) is 8.55. The molecule has 4 N–H and O–H groups in total. The van der Waals surface area contributed by atoms with Crippen molar-refractivity contribution >= 4 is 27.6 Å². The van der Waals surface area contributed by atoms with E-state index in [1.54, 1.807) is 30.5 Å². The minimum atomic E-state index is -3.79. The van der Waals surface area contributed by atoms with Gasteiger partial charge in [0.05, 0.1) is 6.42 Å². The Morgan fingerprint density at radius 1 is 1.19 bits per heavy atom. The van der Waals surface area contributed by atoms with Gasteiger partial charge in [0.25, 0.3) is 10.2 Å². The van der Waals surface area contributed by atoms with E-state index in [0.717, 1.165) is 16.7 Å². The van der Waals surface area contributed by atoms with Crippen LogP contribution in [0.15, 0.2) is 36.5 Å². The quantitative estimate of drug-likeness (QED) is 0.780. The molecule has 1 aliphatic rings. The molecule has 21 heavy (non-hydrogen) atoms. The Morgan fingerprint density at radius 3 is 2.57 bits per heavy atom. The Labute approximate surface area is 121 Å². The number of nitrogens with zero attached hydrogens (tertiary/aromatic N) is 1. The molecule has 2 heterocycles. The molecule has 0 aliphatic carbocycles. The number of hydrogen-bond acceptors (Lipinski definition) is 4. The highest BCUT2D eigenvalue weighted by atomic mass is 32.2. The molecule has 0 spiro atoms. The molecule has 3 rings (SSSR count). The van der Waals surface area contributed by atoms with Gasteiger partial charge in [0.15, 0.2) is 0 Å². The van der Waals surface area contributed by atoms with E-state index in [2.05, 4.69) is 15.0 Å². The van der Waals surface area contributed by atoms with Gasteiger partial charge in [-0.2, -0.15) is 8.42 Å². The molecule has 0 fully saturated rings. The highest BCUT2D eigenvalue weighted by molar-refractivity contribution is 7.90. The molecule has 0 bridgehead atoms. The summed E-state index contributed by atoms with van der Waals surface area (Å²) in [4.78, 5) is 15.6. The van der Waals surface area contributed by atoms with Crippen LogP contribution in [0.5, 0.6) is 0 Å². The summed E-state index contributed by atoms with van der Waals surface area (Å²) in [6.07, 6.45) is 1.91. The number of benzene rings is 1. The Hall–Kier alpha value is -2.45. The van der Waals surface area contributed by atoms with E-state index in [-0.39, 0.29) is 12.3 Å². The zero-order chi connectivity index (χ0) is 15.0. The van der Waals surface area contributed by atoms with Crippen LogP contribution in [-0.4, -0.2) is 19.3 Å². The Bertz CT molecular complexity index is 816. The Kier molecular flexibility index (Phi) is 3.11. The molecule has 0 saturated heterocycles. The highest BCUT2D eigenvalue weighted by Gasteiger charge is 2.22. The van der Waals surface area contributed by atoms with Gasteiger partial charge in [0.2, 0.25) is 5.91 Å². The van der Waals surface area contributed by atoms with Crippen LogP contribution < -0.4 is 15.2 Å². The molecule has 0 atom stereocenters. The molecule has 7 nitrogen and oxygen atoms in total. The maximum atomic E-state index is 11.5. The monoisotopic (exact) mass is 304 g/mol. The molecule has 1 aromatic carbocycles. The van der Waals surface area contributed by atoms with Crippen LogP contribution in [0.1, 0.15) is 5.56 Å². The molecule has 0 saturated carbocycles. The molecule has 108 valence electrons. The summed E-state index contributed by atoms with van der Waals surface area (Å²) in [5.74, 6) is 0.488. The highest BCUT2D eigenvalue weighted by Crippen LogP contribution is 2.32. The van der Waals surface area contributed by atoms with Gasteiger partial charge in [-0.15, -0.1) is 0 Å². The van der Waals surface area contributed by atoms with Crippen LogP contribution in [0.25, 0.3) is 11.1 Å². The van der Waals surface area contributed by atoms with Crippen LogP contribution >= 0.6 is 0 Å². The molecule has 1 aliphatic heterocycles. The van der Waals surface area contributed by atoms with E-state index in [1.807, 2.05) is 6.07 Å². The number of carbonyl (C=O) groups is 1. The summed E-state index contributed by atoms with van der Waals surface area (Å²) in [6.45, 7) is 0. The summed E-state index contributed by atoms with van der Waals surface area (Å²) in [5.41, 5.74) is 2.97. The number of amides is 1. The van der Waals surface area contributed by atoms with E-state index in [1.165, 1.54) is 0 Å². The third-order valence-electron chi connectivity index (χ3n) is 3.11. The second-order valence-electron chi connectivity index (χ2n) is 4.64. The van der Waals surface area contributed by atoms with Crippen molar-refractivity contribution in [3.63, 3.8) is 0 Å². The first-order valence-corrected chi connectivity index (χ1v) is 7.66. The first-order valence-electron chi connectivity index (χ1n) is 6.11. The SMILES string of the molecule is NS(=O)(=O)Nc1ccc(-c2ccnc3c2CC(=O)N3)cc1. The number of anilines is 2. The smallest absolute Gasteiger partial charge is 0.296 e. The number of nitrogens with one attached hydrogen (secondary N) is 2. The molecule has 1 amide bonds. The summed E-state index contributed by atoms with van der Waals surface area (Å²) < 4.78 is 24.1. The van der Waals surface area contributed by atoms with Crippen molar-refractivity contribution in [3.8, 4) is 11.1 Å². The Morgan fingerprint density at radius 2 is 1.90 bits per heavy atom. The van der Waals surface area contributed by atoms with Crippen LogP contribution in [0.2, 0.25) is 0 Å². The van der Waals surface area contributed by atoms with Crippen molar-refractivity contribution in [2.75, 3.05) is 10.0 Å². The Balaban J connectivity index is 1.96. The lowest BCUT2D eigenvalue weighted by molar-refractivity contribution is -0.115. The van der Waals surface area contributed by atoms with Crippen molar-refractivity contribution in [1.82, 2.24) is 4.98 Å². The lowest BCUT2D eigenvalue weighted by Crippen LogP contribution is -2.21. The molecule has 0 radical (unpaired) electrons. The number of fused-ring (bicyclic) bond motifs is 1. The second kappa shape index (κ2) is 4.83. The molecule has 2 aromatic rings. The molecule has 1 aromatic heterocycles. The topological polar surface area (TPSA) is 114 Å². The average Bonchev–Trinajstić information content (AvgIpc) is 2.78. The minimum absolute atomic E-state index is 0.0857. The predicted octanol–water partition coefficient (Wildman–Crippen LogP) is 0.859. The standard InChI is InChI=1S/C13H12N4O3S/c14-21(19,20)17-9-3-1-8(2-4-9)10-5-6-15-13-11(10)7-12(18)16-13/h1-6,17H,7H2,(H2,14,19,20)(H,15,16,18). The third-order valence-corrected chi connectivity index (χ3v) is 3.63. The van der Waals surface area contributed by atoms with Gasteiger partial charge >= 0.3 is 0 Å². The maximum Gasteiger partial charge on any atom is 0.296 e. The zero-order valence-corrected chi connectivity index (χ0v) is 11.6. The average molecular weight is 304 g/mol. The zero-order valence-electron chi connectivity index (χ0n) is 10.8. The number of nitrogens with two attached hydrogens (primary N) is 1. The van der Waals surface area contributed by atoms with Gasteiger partial charge < -0.3 is 5.32 Å². The largest absolute Gasteiger partial charge is 0.310 e. The summed E-state index contributed by atoms with van der Waals surface area (Å²) in [7, 11) is -3.79. The summed E-state index contributed by atoms with van der Waals surface area (Å²) >= 11 is 0. The van der Waals surface area contributed by atoms with E-state index in [4.69, 9.17) is 5.14 Å². The lowest BCUT2D eigenvalue weighted by Gasteiger charge is -2.08. The van der Waals surface area contributed by atoms with Crippen molar-refractivity contribution in [2.24, 2.45) is 5.14 Å². The van der Waals surface area contributed by atoms with E-state index >= 15 is 0 Å². The van der Waals surface area contributed by atoms with Crippen molar-refractivity contribution < 1.29 is 13.2 Å². The van der Waals surface area contributed by atoms with Gasteiger partial charge in [-0.3, -0.25) is 9.52 Å². The molecule has 0 unspecified atom stereocenters. The van der Waals surface area contributed by atoms with Crippen molar-refractivity contribution in [3.05, 3.63) is 42.1 Å². The fraction of sp³-hybridized carbons (Fsp3) is 0.0769. The van der Waals surface area contributed by atoms with Gasteiger partial charge in [-0.25, -0.2) is 10.1 Å². The minimum Gasteiger partial charge on any atom is -0.310 e. The second-order valence-corrected chi connectivity index (χ2v) is 5.93. The van der Waals surface area contributed by atoms with Crippen LogP contribution in [0.3, 0.4) is 0 Å². The van der Waals surface area contributed by atoms with Crippen molar-refractivity contribution in [2.45, 2.75) is 6.42 Å². The van der Waals surface area contributed by atoms with Crippen LogP contribution in [-0.2, 0) is 21.4 Å². The van der Waals surface area contributed by atoms with Crippen LogP contribution in [0, 0.1) is 0 Å². The fourth-order valence-corrected chi connectivity index (χ4v) is 2.73. The number of rotatable bonds is 3. The predicted molar refractivity (Wildman–Crippen MR) is 78.7 cm³/mol. The van der Waals surface area contributed by atoms with Crippen molar-refractivity contribution in [1.29, 1.82) is 0 Å². The molecular formula is C13H12N4O3S. The fourth-order valence-electron chi connectivity index (χ4n) is 2.27. The van der Waals surface area contributed by atoms with Gasteiger partial charge in [0, 0.05) is 17.4 Å². The molecule has 8 heteroatoms. The van der Waals surface area contributed by atoms with E-state index < -0.39 is 10.2 Å². The summed E-state index contributed by atoms with van der Waals surface area (Å²) in [5, 5.41) is 7.60. The van der Waals surface area contributed by atoms with E-state index in [9.17, 15) is 13.2 Å². The first-order chi connectivity index (χ1) is 9.92. The number of aromatic nitrogens is 1. The van der Waals surface area contributed by atoms with Crippen LogP contribution in [0.4, 0.5) is 11.5 Å². The lowest BCUT2D eigenvalue weighted by atomic mass is 10.00. The van der Waals surface area contributed by atoms with Gasteiger partial charge in [-0.1, -0.05) is 12.1 Å². The third kappa shape index (κ3) is 2.86.